The van der Waals surface area contributed by atoms with E-state index in [1.165, 1.54) is 19.3 Å². The molecule has 0 atom stereocenters. The maximum atomic E-state index is 4.83. The van der Waals surface area contributed by atoms with Gasteiger partial charge in [-0.3, -0.25) is 0 Å². The number of rotatable bonds is 6. The van der Waals surface area contributed by atoms with Gasteiger partial charge in [-0.2, -0.15) is 4.98 Å². The summed E-state index contributed by atoms with van der Waals surface area (Å²) in [4.78, 5) is 14.1. The number of likely N-dealkylation sites (N-methyl/N-ethyl adjacent to an activating group) is 1. The smallest absolute Gasteiger partial charge is 0.227 e. The molecule has 1 aliphatic rings. The molecule has 2 heterocycles. The van der Waals surface area contributed by atoms with E-state index in [9.17, 15) is 0 Å². The van der Waals surface area contributed by atoms with Crippen LogP contribution < -0.4 is 10.2 Å². The van der Waals surface area contributed by atoms with Gasteiger partial charge in [-0.25, -0.2) is 4.98 Å². The van der Waals surface area contributed by atoms with E-state index in [1.807, 2.05) is 6.07 Å². The lowest BCUT2D eigenvalue weighted by Gasteiger charge is -2.27. The van der Waals surface area contributed by atoms with E-state index in [1.54, 1.807) is 0 Å². The van der Waals surface area contributed by atoms with Gasteiger partial charge in [0.25, 0.3) is 0 Å². The Morgan fingerprint density at radius 2 is 1.79 bits per heavy atom. The standard InChI is InChI=1S/C19H27N5/c1-23(2)14-11-20-18-15-17(16-9-5-3-6-10-16)21-19(22-18)24-12-7-4-8-13-24/h3,5-6,9-10,15H,4,7-8,11-14H2,1-2H3,(H,20,21,22). The van der Waals surface area contributed by atoms with Crippen LogP contribution in [-0.4, -0.2) is 55.1 Å². The number of nitrogens with one attached hydrogen (secondary N) is 1. The first-order chi connectivity index (χ1) is 11.7. The van der Waals surface area contributed by atoms with Crippen LogP contribution in [0.25, 0.3) is 11.3 Å². The van der Waals surface area contributed by atoms with Gasteiger partial charge in [-0.1, -0.05) is 30.3 Å². The Hall–Kier alpha value is -2.14. The first kappa shape index (κ1) is 16.7. The highest BCUT2D eigenvalue weighted by Crippen LogP contribution is 2.24. The maximum Gasteiger partial charge on any atom is 0.227 e. The van der Waals surface area contributed by atoms with Gasteiger partial charge in [0, 0.05) is 37.8 Å². The van der Waals surface area contributed by atoms with Crippen molar-refractivity contribution in [3.05, 3.63) is 36.4 Å². The molecule has 128 valence electrons. The second kappa shape index (κ2) is 8.11. The van der Waals surface area contributed by atoms with E-state index in [-0.39, 0.29) is 0 Å². The first-order valence-electron chi connectivity index (χ1n) is 8.80. The molecule has 0 spiro atoms. The third-order valence-electron chi connectivity index (χ3n) is 4.29. The van der Waals surface area contributed by atoms with Crippen LogP contribution in [0, 0.1) is 0 Å². The van der Waals surface area contributed by atoms with E-state index < -0.39 is 0 Å². The molecule has 1 aliphatic heterocycles. The highest BCUT2D eigenvalue weighted by atomic mass is 15.3. The number of nitrogens with zero attached hydrogens (tertiary/aromatic N) is 4. The normalized spacial score (nSPS) is 14.9. The van der Waals surface area contributed by atoms with Gasteiger partial charge in [0.1, 0.15) is 5.82 Å². The lowest BCUT2D eigenvalue weighted by Crippen LogP contribution is -2.31. The van der Waals surface area contributed by atoms with E-state index in [2.05, 4.69) is 59.5 Å². The van der Waals surface area contributed by atoms with Crippen LogP contribution >= 0.6 is 0 Å². The Morgan fingerprint density at radius 3 is 2.50 bits per heavy atom. The fourth-order valence-corrected chi connectivity index (χ4v) is 2.92. The first-order valence-corrected chi connectivity index (χ1v) is 8.80. The predicted molar refractivity (Wildman–Crippen MR) is 101 cm³/mol. The van der Waals surface area contributed by atoms with Crippen LogP contribution in [0.4, 0.5) is 11.8 Å². The summed E-state index contributed by atoms with van der Waals surface area (Å²) >= 11 is 0. The van der Waals surface area contributed by atoms with Gasteiger partial charge >= 0.3 is 0 Å². The van der Waals surface area contributed by atoms with Gasteiger partial charge < -0.3 is 15.1 Å². The summed E-state index contributed by atoms with van der Waals surface area (Å²) in [6.45, 7) is 3.95. The van der Waals surface area contributed by atoms with Crippen LogP contribution in [0.5, 0.6) is 0 Å². The third kappa shape index (κ3) is 4.45. The minimum Gasteiger partial charge on any atom is -0.369 e. The molecule has 1 aromatic heterocycles. The van der Waals surface area contributed by atoms with E-state index in [0.717, 1.165) is 49.2 Å². The maximum absolute atomic E-state index is 4.83. The SMILES string of the molecule is CN(C)CCNc1cc(-c2ccccc2)nc(N2CCCCC2)n1. The number of aromatic nitrogens is 2. The molecular weight excluding hydrogens is 298 g/mol. The average molecular weight is 325 g/mol. The topological polar surface area (TPSA) is 44.3 Å². The third-order valence-corrected chi connectivity index (χ3v) is 4.29. The highest BCUT2D eigenvalue weighted by molar-refractivity contribution is 5.64. The number of piperidine rings is 1. The zero-order chi connectivity index (χ0) is 16.8. The fraction of sp³-hybridized carbons (Fsp3) is 0.474. The van der Waals surface area contributed by atoms with Gasteiger partial charge in [0.15, 0.2) is 0 Å². The van der Waals surface area contributed by atoms with Crippen molar-refractivity contribution in [2.75, 3.05) is 50.5 Å². The Balaban J connectivity index is 1.86. The predicted octanol–water partition coefficient (Wildman–Crippen LogP) is 3.11. The summed E-state index contributed by atoms with van der Waals surface area (Å²) in [7, 11) is 4.16. The summed E-state index contributed by atoms with van der Waals surface area (Å²) < 4.78 is 0. The van der Waals surface area contributed by atoms with Crippen molar-refractivity contribution in [2.24, 2.45) is 0 Å². The molecule has 0 saturated carbocycles. The molecule has 0 bridgehead atoms. The number of hydrogen-bond acceptors (Lipinski definition) is 5. The molecule has 2 aromatic rings. The van der Waals surface area contributed by atoms with Crippen molar-refractivity contribution < 1.29 is 0 Å². The molecule has 0 aliphatic carbocycles. The molecule has 1 fully saturated rings. The number of hydrogen-bond donors (Lipinski definition) is 1. The number of benzene rings is 1. The minimum atomic E-state index is 0.850. The van der Waals surface area contributed by atoms with E-state index in [4.69, 9.17) is 9.97 Å². The molecule has 1 aromatic carbocycles. The van der Waals surface area contributed by atoms with Gasteiger partial charge in [-0.05, 0) is 33.4 Å². The molecule has 5 heteroatoms. The second-order valence-corrected chi connectivity index (χ2v) is 6.58. The summed E-state index contributed by atoms with van der Waals surface area (Å²) in [5.74, 6) is 1.76. The molecular formula is C19H27N5. The van der Waals surface area contributed by atoms with Crippen molar-refractivity contribution in [3.8, 4) is 11.3 Å². The van der Waals surface area contributed by atoms with Gasteiger partial charge in [0.2, 0.25) is 5.95 Å². The molecule has 24 heavy (non-hydrogen) atoms. The zero-order valence-electron chi connectivity index (χ0n) is 14.7. The van der Waals surface area contributed by atoms with Gasteiger partial charge in [-0.15, -0.1) is 0 Å². The summed E-state index contributed by atoms with van der Waals surface area (Å²) in [5, 5.41) is 3.45. The lowest BCUT2D eigenvalue weighted by molar-refractivity contribution is 0.425. The highest BCUT2D eigenvalue weighted by Gasteiger charge is 2.16. The molecule has 0 amide bonds. The van der Waals surface area contributed by atoms with Crippen LogP contribution in [0.2, 0.25) is 0 Å². The Kier molecular flexibility index (Phi) is 5.64. The summed E-state index contributed by atoms with van der Waals surface area (Å²) in [6.07, 6.45) is 3.76. The lowest BCUT2D eigenvalue weighted by atomic mass is 10.1. The Bertz CT molecular complexity index is 635. The largest absolute Gasteiger partial charge is 0.369 e. The minimum absolute atomic E-state index is 0.850. The molecule has 0 radical (unpaired) electrons. The van der Waals surface area contributed by atoms with Crippen LogP contribution in [0.1, 0.15) is 19.3 Å². The van der Waals surface area contributed by atoms with E-state index in [0.29, 0.717) is 0 Å². The summed E-state index contributed by atoms with van der Waals surface area (Å²) in [5.41, 5.74) is 2.12. The molecule has 3 rings (SSSR count). The molecule has 1 N–H and O–H groups in total. The van der Waals surface area contributed by atoms with Crippen molar-refractivity contribution in [1.82, 2.24) is 14.9 Å². The van der Waals surface area contributed by atoms with Crippen molar-refractivity contribution in [2.45, 2.75) is 19.3 Å². The molecule has 1 saturated heterocycles. The molecule has 5 nitrogen and oxygen atoms in total. The second-order valence-electron chi connectivity index (χ2n) is 6.58. The quantitative estimate of drug-likeness (QED) is 0.884. The van der Waals surface area contributed by atoms with Crippen molar-refractivity contribution in [3.63, 3.8) is 0 Å². The monoisotopic (exact) mass is 325 g/mol. The summed E-state index contributed by atoms with van der Waals surface area (Å²) in [6, 6.07) is 12.4. The van der Waals surface area contributed by atoms with E-state index >= 15 is 0 Å². The fourth-order valence-electron chi connectivity index (χ4n) is 2.92. The average Bonchev–Trinajstić information content (AvgIpc) is 2.63. The van der Waals surface area contributed by atoms with Crippen LogP contribution in [0.3, 0.4) is 0 Å². The van der Waals surface area contributed by atoms with Crippen molar-refractivity contribution >= 4 is 11.8 Å². The van der Waals surface area contributed by atoms with Gasteiger partial charge in [0.05, 0.1) is 5.69 Å². The zero-order valence-corrected chi connectivity index (χ0v) is 14.7. The van der Waals surface area contributed by atoms with Crippen LogP contribution in [-0.2, 0) is 0 Å². The Morgan fingerprint density at radius 1 is 1.04 bits per heavy atom. The number of anilines is 2. The van der Waals surface area contributed by atoms with Crippen molar-refractivity contribution in [1.29, 1.82) is 0 Å². The molecule has 0 unspecified atom stereocenters. The van der Waals surface area contributed by atoms with Crippen LogP contribution in [0.15, 0.2) is 36.4 Å². The Labute approximate surface area is 144 Å².